The van der Waals surface area contributed by atoms with E-state index in [1.165, 1.54) is 0 Å². The van der Waals surface area contributed by atoms with Gasteiger partial charge in [-0.3, -0.25) is 4.68 Å². The minimum Gasteiger partial charge on any atom is -0.392 e. The lowest BCUT2D eigenvalue weighted by molar-refractivity contribution is 0.0853. The van der Waals surface area contributed by atoms with E-state index >= 15 is 0 Å². The summed E-state index contributed by atoms with van der Waals surface area (Å²) in [5.41, 5.74) is 6.63. The van der Waals surface area contributed by atoms with Crippen LogP contribution in [0.4, 0.5) is 0 Å². The highest BCUT2D eigenvalue weighted by Crippen LogP contribution is 2.17. The Morgan fingerprint density at radius 1 is 1.35 bits per heavy atom. The summed E-state index contributed by atoms with van der Waals surface area (Å²) in [7, 11) is 0. The minimum atomic E-state index is -0.407. The zero-order valence-corrected chi connectivity index (χ0v) is 11.3. The van der Waals surface area contributed by atoms with E-state index < -0.39 is 6.10 Å². The third kappa shape index (κ3) is 3.82. The fourth-order valence-corrected chi connectivity index (χ4v) is 2.01. The SMILES string of the molecule is CC(C)C(CN)C(O)Cc1ccn(C(C)C)n1. The fraction of sp³-hybridized carbons (Fsp3) is 0.769. The van der Waals surface area contributed by atoms with Gasteiger partial charge in [-0.15, -0.1) is 0 Å². The smallest absolute Gasteiger partial charge is 0.0650 e. The first kappa shape index (κ1) is 14.2. The summed E-state index contributed by atoms with van der Waals surface area (Å²) in [6.07, 6.45) is 2.13. The maximum absolute atomic E-state index is 10.2. The first-order chi connectivity index (χ1) is 7.95. The maximum Gasteiger partial charge on any atom is 0.0650 e. The third-order valence-electron chi connectivity index (χ3n) is 3.23. The van der Waals surface area contributed by atoms with Crippen molar-refractivity contribution < 1.29 is 5.11 Å². The molecule has 0 aliphatic carbocycles. The van der Waals surface area contributed by atoms with Crippen molar-refractivity contribution in [2.45, 2.75) is 46.3 Å². The zero-order valence-electron chi connectivity index (χ0n) is 11.3. The molecule has 4 nitrogen and oxygen atoms in total. The molecule has 0 bridgehead atoms. The van der Waals surface area contributed by atoms with Crippen molar-refractivity contribution in [3.8, 4) is 0 Å². The van der Waals surface area contributed by atoms with Crippen LogP contribution in [0.2, 0.25) is 0 Å². The monoisotopic (exact) mass is 239 g/mol. The molecule has 1 aromatic heterocycles. The summed E-state index contributed by atoms with van der Waals surface area (Å²) in [4.78, 5) is 0. The molecule has 98 valence electrons. The maximum atomic E-state index is 10.2. The van der Waals surface area contributed by atoms with E-state index in [1.54, 1.807) is 0 Å². The molecular weight excluding hydrogens is 214 g/mol. The van der Waals surface area contributed by atoms with Crippen LogP contribution in [-0.2, 0) is 6.42 Å². The van der Waals surface area contributed by atoms with Crippen molar-refractivity contribution in [1.29, 1.82) is 0 Å². The topological polar surface area (TPSA) is 64.1 Å². The predicted octanol–water partition coefficient (Wildman–Crippen LogP) is 1.60. The lowest BCUT2D eigenvalue weighted by atomic mass is 9.88. The summed E-state index contributed by atoms with van der Waals surface area (Å²) >= 11 is 0. The number of nitrogens with zero attached hydrogens (tertiary/aromatic N) is 2. The van der Waals surface area contributed by atoms with Crippen molar-refractivity contribution >= 4 is 0 Å². The van der Waals surface area contributed by atoms with Crippen LogP contribution in [0.5, 0.6) is 0 Å². The van der Waals surface area contributed by atoms with Crippen LogP contribution in [0, 0.1) is 11.8 Å². The number of rotatable bonds is 6. The highest BCUT2D eigenvalue weighted by Gasteiger charge is 2.22. The van der Waals surface area contributed by atoms with Gasteiger partial charge in [0.25, 0.3) is 0 Å². The van der Waals surface area contributed by atoms with Crippen molar-refractivity contribution in [2.75, 3.05) is 6.54 Å². The summed E-state index contributed by atoms with van der Waals surface area (Å²) in [5.74, 6) is 0.529. The van der Waals surface area contributed by atoms with Gasteiger partial charge < -0.3 is 10.8 Å². The number of aromatic nitrogens is 2. The van der Waals surface area contributed by atoms with E-state index in [4.69, 9.17) is 5.73 Å². The Morgan fingerprint density at radius 3 is 2.41 bits per heavy atom. The molecule has 4 heteroatoms. The average Bonchev–Trinajstić information content (AvgIpc) is 2.66. The number of nitrogens with two attached hydrogens (primary N) is 1. The van der Waals surface area contributed by atoms with Gasteiger partial charge in [-0.1, -0.05) is 13.8 Å². The normalized spacial score (nSPS) is 15.5. The molecule has 0 spiro atoms. The zero-order chi connectivity index (χ0) is 13.0. The molecule has 1 rings (SSSR count). The quantitative estimate of drug-likeness (QED) is 0.792. The Kier molecular flexibility index (Phi) is 5.15. The lowest BCUT2D eigenvalue weighted by Crippen LogP contribution is -2.33. The molecule has 0 aliphatic heterocycles. The van der Waals surface area contributed by atoms with E-state index in [0.29, 0.717) is 24.9 Å². The lowest BCUT2D eigenvalue weighted by Gasteiger charge is -2.24. The van der Waals surface area contributed by atoms with Gasteiger partial charge in [0.15, 0.2) is 0 Å². The Bertz CT molecular complexity index is 333. The molecule has 17 heavy (non-hydrogen) atoms. The van der Waals surface area contributed by atoms with Crippen LogP contribution in [0.1, 0.15) is 39.4 Å². The summed E-state index contributed by atoms with van der Waals surface area (Å²) in [5, 5.41) is 14.6. The van der Waals surface area contributed by atoms with Gasteiger partial charge in [0.05, 0.1) is 11.8 Å². The second kappa shape index (κ2) is 6.17. The predicted molar refractivity (Wildman–Crippen MR) is 69.7 cm³/mol. The fourth-order valence-electron chi connectivity index (χ4n) is 2.01. The molecule has 0 radical (unpaired) electrons. The molecule has 2 atom stereocenters. The minimum absolute atomic E-state index is 0.138. The standard InChI is InChI=1S/C13H25N3O/c1-9(2)12(8-14)13(17)7-11-5-6-16(15-11)10(3)4/h5-6,9-10,12-13,17H,7-8,14H2,1-4H3. The van der Waals surface area contributed by atoms with Crippen LogP contribution in [0.15, 0.2) is 12.3 Å². The van der Waals surface area contributed by atoms with Gasteiger partial charge >= 0.3 is 0 Å². The molecule has 0 saturated carbocycles. The number of hydrogen-bond donors (Lipinski definition) is 2. The number of aliphatic hydroxyl groups is 1. The second-order valence-electron chi connectivity index (χ2n) is 5.30. The molecule has 2 unspecified atom stereocenters. The van der Waals surface area contributed by atoms with E-state index in [-0.39, 0.29) is 5.92 Å². The molecule has 0 saturated heterocycles. The molecular formula is C13H25N3O. The highest BCUT2D eigenvalue weighted by molar-refractivity contribution is 5.02. The van der Waals surface area contributed by atoms with E-state index in [2.05, 4.69) is 32.8 Å². The van der Waals surface area contributed by atoms with Gasteiger partial charge in [0.2, 0.25) is 0 Å². The summed E-state index contributed by atoms with van der Waals surface area (Å²) in [6, 6.07) is 2.33. The van der Waals surface area contributed by atoms with Crippen LogP contribution >= 0.6 is 0 Å². The summed E-state index contributed by atoms with van der Waals surface area (Å²) < 4.78 is 1.91. The molecule has 0 amide bonds. The van der Waals surface area contributed by atoms with Gasteiger partial charge in [-0.25, -0.2) is 0 Å². The third-order valence-corrected chi connectivity index (χ3v) is 3.23. The second-order valence-corrected chi connectivity index (χ2v) is 5.30. The first-order valence-electron chi connectivity index (χ1n) is 6.37. The van der Waals surface area contributed by atoms with Gasteiger partial charge in [-0.05, 0) is 38.3 Å². The Morgan fingerprint density at radius 2 is 2.00 bits per heavy atom. The summed E-state index contributed by atoms with van der Waals surface area (Å²) in [6.45, 7) is 8.87. The Hall–Kier alpha value is -0.870. The van der Waals surface area contributed by atoms with Gasteiger partial charge in [-0.2, -0.15) is 5.10 Å². The van der Waals surface area contributed by atoms with E-state index in [0.717, 1.165) is 5.69 Å². The molecule has 1 aromatic rings. The van der Waals surface area contributed by atoms with Gasteiger partial charge in [0, 0.05) is 18.7 Å². The molecule has 0 fully saturated rings. The molecule has 0 aliphatic rings. The van der Waals surface area contributed by atoms with Crippen molar-refractivity contribution in [1.82, 2.24) is 9.78 Å². The van der Waals surface area contributed by atoms with E-state index in [1.807, 2.05) is 16.9 Å². The van der Waals surface area contributed by atoms with Crippen molar-refractivity contribution in [3.63, 3.8) is 0 Å². The first-order valence-corrected chi connectivity index (χ1v) is 6.37. The highest BCUT2D eigenvalue weighted by atomic mass is 16.3. The van der Waals surface area contributed by atoms with Gasteiger partial charge in [0.1, 0.15) is 0 Å². The molecule has 0 aromatic carbocycles. The van der Waals surface area contributed by atoms with Crippen molar-refractivity contribution in [2.24, 2.45) is 17.6 Å². The number of hydrogen-bond acceptors (Lipinski definition) is 3. The van der Waals surface area contributed by atoms with Crippen LogP contribution in [0.25, 0.3) is 0 Å². The number of aliphatic hydroxyl groups excluding tert-OH is 1. The Labute approximate surface area is 104 Å². The molecule has 3 N–H and O–H groups in total. The average molecular weight is 239 g/mol. The van der Waals surface area contributed by atoms with E-state index in [9.17, 15) is 5.11 Å². The van der Waals surface area contributed by atoms with Crippen LogP contribution < -0.4 is 5.73 Å². The van der Waals surface area contributed by atoms with Crippen molar-refractivity contribution in [3.05, 3.63) is 18.0 Å². The van der Waals surface area contributed by atoms with Crippen LogP contribution in [-0.4, -0.2) is 27.5 Å². The largest absolute Gasteiger partial charge is 0.392 e. The van der Waals surface area contributed by atoms with Crippen LogP contribution in [0.3, 0.4) is 0 Å². The molecule has 1 heterocycles. The Balaban J connectivity index is 2.63.